The zero-order chi connectivity index (χ0) is 16.6. The van der Waals surface area contributed by atoms with E-state index in [9.17, 15) is 14.4 Å². The standard InChI is InChI=1S/C17H21N3O3/c1-12(21)19-7-9-20(10-8-19)17(23)14-3-5-15-13(11-14)4-6-16(22)18(15)2/h3,5,11H,4,6-10H2,1-2H3. The van der Waals surface area contributed by atoms with E-state index in [1.54, 1.807) is 34.7 Å². The molecule has 2 aliphatic heterocycles. The van der Waals surface area contributed by atoms with Crippen molar-refractivity contribution in [2.45, 2.75) is 19.8 Å². The van der Waals surface area contributed by atoms with Gasteiger partial charge >= 0.3 is 0 Å². The van der Waals surface area contributed by atoms with Crippen molar-refractivity contribution in [1.82, 2.24) is 9.80 Å². The molecule has 0 N–H and O–H groups in total. The zero-order valence-electron chi connectivity index (χ0n) is 13.5. The molecule has 0 saturated carbocycles. The molecule has 1 fully saturated rings. The molecule has 0 radical (unpaired) electrons. The molecule has 2 heterocycles. The molecule has 1 aromatic carbocycles. The van der Waals surface area contributed by atoms with Crippen LogP contribution in [-0.2, 0) is 16.0 Å². The Kier molecular flexibility index (Phi) is 4.07. The molecule has 0 bridgehead atoms. The van der Waals surface area contributed by atoms with E-state index in [4.69, 9.17) is 0 Å². The van der Waals surface area contributed by atoms with Gasteiger partial charge in [0.25, 0.3) is 5.91 Å². The minimum Gasteiger partial charge on any atom is -0.339 e. The van der Waals surface area contributed by atoms with Crippen LogP contribution >= 0.6 is 0 Å². The van der Waals surface area contributed by atoms with Crippen molar-refractivity contribution >= 4 is 23.4 Å². The van der Waals surface area contributed by atoms with Crippen LogP contribution in [0.2, 0.25) is 0 Å². The van der Waals surface area contributed by atoms with Gasteiger partial charge in [-0.2, -0.15) is 0 Å². The molecule has 0 spiro atoms. The van der Waals surface area contributed by atoms with Crippen molar-refractivity contribution < 1.29 is 14.4 Å². The number of piperazine rings is 1. The van der Waals surface area contributed by atoms with Gasteiger partial charge in [-0.1, -0.05) is 0 Å². The summed E-state index contributed by atoms with van der Waals surface area (Å²) in [4.78, 5) is 40.9. The van der Waals surface area contributed by atoms with Gasteiger partial charge < -0.3 is 14.7 Å². The third-order valence-corrected chi connectivity index (χ3v) is 4.68. The maximum atomic E-state index is 12.6. The van der Waals surface area contributed by atoms with E-state index in [2.05, 4.69) is 0 Å². The third kappa shape index (κ3) is 2.93. The smallest absolute Gasteiger partial charge is 0.253 e. The number of hydrogen-bond donors (Lipinski definition) is 0. The molecule has 1 saturated heterocycles. The fourth-order valence-corrected chi connectivity index (χ4v) is 3.20. The van der Waals surface area contributed by atoms with E-state index in [0.717, 1.165) is 11.3 Å². The predicted octanol–water partition coefficient (Wildman–Crippen LogP) is 0.900. The number of amides is 3. The van der Waals surface area contributed by atoms with Gasteiger partial charge in [0.2, 0.25) is 11.8 Å². The summed E-state index contributed by atoms with van der Waals surface area (Å²) in [5.41, 5.74) is 2.59. The number of carbonyl (C=O) groups is 3. The highest BCUT2D eigenvalue weighted by Gasteiger charge is 2.25. The lowest BCUT2D eigenvalue weighted by Crippen LogP contribution is -2.50. The van der Waals surface area contributed by atoms with Crippen molar-refractivity contribution in [3.63, 3.8) is 0 Å². The number of nitrogens with zero attached hydrogens (tertiary/aromatic N) is 3. The van der Waals surface area contributed by atoms with Crippen LogP contribution in [0.3, 0.4) is 0 Å². The monoisotopic (exact) mass is 315 g/mol. The molecular weight excluding hydrogens is 294 g/mol. The van der Waals surface area contributed by atoms with Crippen LogP contribution in [-0.4, -0.2) is 60.7 Å². The molecule has 23 heavy (non-hydrogen) atoms. The summed E-state index contributed by atoms with van der Waals surface area (Å²) in [5.74, 6) is 0.158. The van der Waals surface area contributed by atoms with E-state index in [1.165, 1.54) is 0 Å². The number of hydrogen-bond acceptors (Lipinski definition) is 3. The molecule has 6 heteroatoms. The number of fused-ring (bicyclic) bond motifs is 1. The first-order chi connectivity index (χ1) is 11.0. The summed E-state index contributed by atoms with van der Waals surface area (Å²) < 4.78 is 0. The van der Waals surface area contributed by atoms with Crippen LogP contribution < -0.4 is 4.90 Å². The molecule has 2 aliphatic rings. The van der Waals surface area contributed by atoms with Gasteiger partial charge in [0.05, 0.1) is 0 Å². The van der Waals surface area contributed by atoms with Crippen molar-refractivity contribution in [2.75, 3.05) is 38.1 Å². The number of benzene rings is 1. The Morgan fingerprint density at radius 2 is 1.65 bits per heavy atom. The summed E-state index contributed by atoms with van der Waals surface area (Å²) in [6, 6.07) is 5.54. The molecule has 3 amide bonds. The Balaban J connectivity index is 1.74. The van der Waals surface area contributed by atoms with Crippen molar-refractivity contribution in [3.05, 3.63) is 29.3 Å². The van der Waals surface area contributed by atoms with Gasteiger partial charge in [-0.15, -0.1) is 0 Å². The first kappa shape index (κ1) is 15.5. The molecule has 6 nitrogen and oxygen atoms in total. The minimum absolute atomic E-state index is 0.00412. The van der Waals surface area contributed by atoms with Gasteiger partial charge in [0.1, 0.15) is 0 Å². The van der Waals surface area contributed by atoms with E-state index < -0.39 is 0 Å². The number of rotatable bonds is 1. The predicted molar refractivity (Wildman–Crippen MR) is 86.3 cm³/mol. The Labute approximate surface area is 135 Å². The zero-order valence-corrected chi connectivity index (χ0v) is 13.5. The van der Waals surface area contributed by atoms with E-state index in [1.807, 2.05) is 12.1 Å². The maximum Gasteiger partial charge on any atom is 0.253 e. The van der Waals surface area contributed by atoms with Gasteiger partial charge in [-0.05, 0) is 30.2 Å². The molecule has 0 aromatic heterocycles. The average Bonchev–Trinajstić information content (AvgIpc) is 2.57. The number of carbonyl (C=O) groups excluding carboxylic acids is 3. The Hall–Kier alpha value is -2.37. The van der Waals surface area contributed by atoms with Crippen molar-refractivity contribution in [2.24, 2.45) is 0 Å². The van der Waals surface area contributed by atoms with Crippen LogP contribution in [0.1, 0.15) is 29.3 Å². The fraction of sp³-hybridized carbons (Fsp3) is 0.471. The highest BCUT2D eigenvalue weighted by Crippen LogP contribution is 2.28. The van der Waals surface area contributed by atoms with Gasteiger partial charge in [0.15, 0.2) is 0 Å². The van der Waals surface area contributed by atoms with Crippen LogP contribution in [0.15, 0.2) is 18.2 Å². The fourth-order valence-electron chi connectivity index (χ4n) is 3.20. The molecule has 122 valence electrons. The van der Waals surface area contributed by atoms with Crippen molar-refractivity contribution in [1.29, 1.82) is 0 Å². The van der Waals surface area contributed by atoms with Crippen LogP contribution in [0.5, 0.6) is 0 Å². The Morgan fingerprint density at radius 1 is 1.00 bits per heavy atom. The second-order valence-electron chi connectivity index (χ2n) is 6.09. The molecule has 3 rings (SSSR count). The summed E-state index contributed by atoms with van der Waals surface area (Å²) in [6.45, 7) is 3.85. The molecule has 1 aromatic rings. The molecule has 0 atom stereocenters. The normalized spacial score (nSPS) is 18.0. The molecule has 0 aliphatic carbocycles. The van der Waals surface area contributed by atoms with Crippen molar-refractivity contribution in [3.8, 4) is 0 Å². The first-order valence-corrected chi connectivity index (χ1v) is 7.91. The second kappa shape index (κ2) is 6.02. The quantitative estimate of drug-likeness (QED) is 0.773. The van der Waals surface area contributed by atoms with E-state index in [-0.39, 0.29) is 17.7 Å². The van der Waals surface area contributed by atoms with Gasteiger partial charge in [0, 0.05) is 57.8 Å². The Bertz CT molecular complexity index is 663. The largest absolute Gasteiger partial charge is 0.339 e. The third-order valence-electron chi connectivity index (χ3n) is 4.68. The minimum atomic E-state index is -0.00412. The lowest BCUT2D eigenvalue weighted by atomic mass is 9.98. The summed E-state index contributed by atoms with van der Waals surface area (Å²) in [6.07, 6.45) is 1.16. The molecular formula is C17H21N3O3. The summed E-state index contributed by atoms with van der Waals surface area (Å²) >= 11 is 0. The first-order valence-electron chi connectivity index (χ1n) is 7.91. The van der Waals surface area contributed by atoms with Crippen LogP contribution in [0.25, 0.3) is 0 Å². The highest BCUT2D eigenvalue weighted by molar-refractivity contribution is 5.99. The van der Waals surface area contributed by atoms with Crippen LogP contribution in [0.4, 0.5) is 5.69 Å². The number of aryl methyl sites for hydroxylation is 1. The van der Waals surface area contributed by atoms with E-state index >= 15 is 0 Å². The molecule has 0 unspecified atom stereocenters. The lowest BCUT2D eigenvalue weighted by molar-refractivity contribution is -0.130. The lowest BCUT2D eigenvalue weighted by Gasteiger charge is -2.34. The van der Waals surface area contributed by atoms with Crippen LogP contribution in [0, 0.1) is 0 Å². The van der Waals surface area contributed by atoms with Gasteiger partial charge in [-0.25, -0.2) is 0 Å². The summed E-state index contributed by atoms with van der Waals surface area (Å²) in [5, 5.41) is 0. The number of anilines is 1. The highest BCUT2D eigenvalue weighted by atomic mass is 16.2. The maximum absolute atomic E-state index is 12.6. The average molecular weight is 315 g/mol. The summed E-state index contributed by atoms with van der Waals surface area (Å²) in [7, 11) is 1.77. The SMILES string of the molecule is CC(=O)N1CCN(C(=O)c2ccc3c(c2)CCC(=O)N3C)CC1. The Morgan fingerprint density at radius 3 is 2.30 bits per heavy atom. The van der Waals surface area contributed by atoms with Gasteiger partial charge in [-0.3, -0.25) is 14.4 Å². The second-order valence-corrected chi connectivity index (χ2v) is 6.09. The topological polar surface area (TPSA) is 60.9 Å². The van der Waals surface area contributed by atoms with E-state index in [0.29, 0.717) is 44.6 Å².